The number of nitrogens with two attached hydrogens (primary N) is 1. The Hall–Kier alpha value is -0.557. The van der Waals surface area contributed by atoms with Crippen LogP contribution in [0.1, 0.15) is 0 Å². The van der Waals surface area contributed by atoms with Gasteiger partial charge in [0.2, 0.25) is 0 Å². The molecule has 0 bridgehead atoms. The van der Waals surface area contributed by atoms with Crippen molar-refractivity contribution in [3.05, 3.63) is 24.3 Å². The molecule has 1 rings (SSSR count). The van der Waals surface area contributed by atoms with Crippen molar-refractivity contribution in [2.45, 2.75) is 0 Å². The molecule has 9 heavy (non-hydrogen) atoms. The molecular weight excluding hydrogens is 167 g/mol. The molecule has 3 heteroatoms. The zero-order valence-corrected chi connectivity index (χ0v) is 7.93. The Balaban J connectivity index is 0.000000640. The first-order chi connectivity index (χ1) is 3.79. The van der Waals surface area contributed by atoms with Gasteiger partial charge in [-0.05, 0) is 0 Å². The average Bonchev–Trinajstić information content (AvgIpc) is 1.64. The average molecular weight is 174 g/mol. The van der Waals surface area contributed by atoms with Crippen LogP contribution in [0.3, 0.4) is 0 Å². The number of hydrogen-bond acceptors (Lipinski definition) is 2. The summed E-state index contributed by atoms with van der Waals surface area (Å²) in [5.74, 6) is 0.182. The Morgan fingerprint density at radius 2 is 2.22 bits per heavy atom. The third-order valence-corrected chi connectivity index (χ3v) is 0.807. The second kappa shape index (κ2) is 3.47. The number of rotatable bonds is 0. The summed E-state index contributed by atoms with van der Waals surface area (Å²) in [5, 5.41) is 8.71. The topological polar surface area (TPSA) is 46.2 Å². The van der Waals surface area contributed by atoms with Gasteiger partial charge in [-0.2, -0.15) is 12.1 Å². The van der Waals surface area contributed by atoms with Crippen molar-refractivity contribution in [3.63, 3.8) is 0 Å². The zero-order chi connectivity index (χ0) is 5.98. The molecule has 0 aliphatic rings. The molecule has 0 spiro atoms. The van der Waals surface area contributed by atoms with Crippen molar-refractivity contribution in [2.24, 2.45) is 0 Å². The number of phenols is 1. The summed E-state index contributed by atoms with van der Waals surface area (Å²) >= 11 is 0. The standard InChI is InChI=1S/C6H6NO.Zn/c7-5-2-1-3-6(8)4-5;/h1,3-4,8H,7H2;/q-1;. The fourth-order valence-corrected chi connectivity index (χ4v) is 0.472. The summed E-state index contributed by atoms with van der Waals surface area (Å²) in [5.41, 5.74) is 5.71. The summed E-state index contributed by atoms with van der Waals surface area (Å²) in [7, 11) is 0. The Morgan fingerprint density at radius 3 is 2.56 bits per heavy atom. The molecule has 0 aliphatic carbocycles. The molecule has 1 aromatic rings. The van der Waals surface area contributed by atoms with Gasteiger partial charge in [0.25, 0.3) is 0 Å². The van der Waals surface area contributed by atoms with Crippen molar-refractivity contribution in [3.8, 4) is 5.75 Å². The van der Waals surface area contributed by atoms with Crippen molar-refractivity contribution < 1.29 is 24.6 Å². The minimum atomic E-state index is 0. The van der Waals surface area contributed by atoms with E-state index in [1.807, 2.05) is 0 Å². The van der Waals surface area contributed by atoms with Crippen LogP contribution in [0.2, 0.25) is 0 Å². The van der Waals surface area contributed by atoms with Crippen LogP contribution in [0.25, 0.3) is 0 Å². The quantitative estimate of drug-likeness (QED) is 0.346. The molecule has 0 aromatic heterocycles. The monoisotopic (exact) mass is 172 g/mol. The van der Waals surface area contributed by atoms with Gasteiger partial charge in [0.05, 0.1) is 0 Å². The summed E-state index contributed by atoms with van der Waals surface area (Å²) in [6.07, 6.45) is 0. The van der Waals surface area contributed by atoms with E-state index in [4.69, 9.17) is 10.8 Å². The molecule has 2 nitrogen and oxygen atoms in total. The van der Waals surface area contributed by atoms with Gasteiger partial charge < -0.3 is 10.8 Å². The molecule has 0 amide bonds. The number of nitrogen functional groups attached to an aromatic ring is 1. The van der Waals surface area contributed by atoms with E-state index < -0.39 is 0 Å². The van der Waals surface area contributed by atoms with E-state index in [1.54, 1.807) is 6.07 Å². The van der Waals surface area contributed by atoms with Gasteiger partial charge in [-0.15, -0.1) is 12.1 Å². The maximum absolute atomic E-state index is 8.71. The van der Waals surface area contributed by atoms with Gasteiger partial charge in [0.1, 0.15) is 0 Å². The van der Waals surface area contributed by atoms with E-state index in [9.17, 15) is 0 Å². The van der Waals surface area contributed by atoms with Crippen LogP contribution in [0.15, 0.2) is 18.2 Å². The SMILES string of the molecule is Nc1[c-]ccc(O)c1.[Zn]. The van der Waals surface area contributed by atoms with Crippen molar-refractivity contribution in [2.75, 3.05) is 5.73 Å². The van der Waals surface area contributed by atoms with E-state index in [1.165, 1.54) is 12.1 Å². The molecule has 0 unspecified atom stereocenters. The summed E-state index contributed by atoms with van der Waals surface area (Å²) in [6.45, 7) is 0. The Kier molecular flexibility index (Phi) is 3.25. The minimum absolute atomic E-state index is 0. The molecule has 3 N–H and O–H groups in total. The van der Waals surface area contributed by atoms with Crippen molar-refractivity contribution in [1.82, 2.24) is 0 Å². The number of hydrogen-bond donors (Lipinski definition) is 2. The summed E-state index contributed by atoms with van der Waals surface area (Å²) < 4.78 is 0. The van der Waals surface area contributed by atoms with Gasteiger partial charge >= 0.3 is 0 Å². The minimum Gasteiger partial charge on any atom is -0.533 e. The molecule has 0 heterocycles. The second-order valence-electron chi connectivity index (χ2n) is 1.50. The van der Waals surface area contributed by atoms with Crippen LogP contribution in [0.4, 0.5) is 5.69 Å². The maximum Gasteiger partial charge on any atom is 0.0101 e. The van der Waals surface area contributed by atoms with E-state index in [0.717, 1.165) is 0 Å². The van der Waals surface area contributed by atoms with Gasteiger partial charge in [-0.1, -0.05) is 5.69 Å². The van der Waals surface area contributed by atoms with Crippen LogP contribution in [0, 0.1) is 6.07 Å². The molecule has 1 aromatic carbocycles. The van der Waals surface area contributed by atoms with Crippen LogP contribution < -0.4 is 5.73 Å². The molecule has 0 saturated heterocycles. The Bertz CT molecular complexity index is 173. The first-order valence-corrected chi connectivity index (χ1v) is 2.25. The molecular formula is C6H6NOZn-. The molecule has 0 fully saturated rings. The Morgan fingerprint density at radius 1 is 1.56 bits per heavy atom. The van der Waals surface area contributed by atoms with Crippen molar-refractivity contribution in [1.29, 1.82) is 0 Å². The van der Waals surface area contributed by atoms with Crippen LogP contribution in [-0.4, -0.2) is 5.11 Å². The first kappa shape index (κ1) is 8.44. The van der Waals surface area contributed by atoms with Crippen LogP contribution >= 0.6 is 0 Å². The fraction of sp³-hybridized carbons (Fsp3) is 0. The first-order valence-electron chi connectivity index (χ1n) is 2.25. The molecule has 0 aliphatic heterocycles. The zero-order valence-electron chi connectivity index (χ0n) is 4.96. The normalized spacial score (nSPS) is 8.00. The molecule has 0 radical (unpaired) electrons. The van der Waals surface area contributed by atoms with Gasteiger partial charge in [-0.25, -0.2) is 0 Å². The number of aromatic hydroxyl groups is 1. The van der Waals surface area contributed by atoms with Gasteiger partial charge in [0.15, 0.2) is 0 Å². The third-order valence-electron chi connectivity index (χ3n) is 0.807. The van der Waals surface area contributed by atoms with Gasteiger partial charge in [0, 0.05) is 25.2 Å². The predicted molar refractivity (Wildman–Crippen MR) is 31.4 cm³/mol. The molecule has 0 saturated carbocycles. The molecule has 0 atom stereocenters. The summed E-state index contributed by atoms with van der Waals surface area (Å²) in [6, 6.07) is 7.23. The maximum atomic E-state index is 8.71. The predicted octanol–water partition coefficient (Wildman–Crippen LogP) is 0.772. The van der Waals surface area contributed by atoms with Crippen molar-refractivity contribution >= 4 is 5.69 Å². The van der Waals surface area contributed by atoms with Crippen LogP contribution in [-0.2, 0) is 19.5 Å². The summed E-state index contributed by atoms with van der Waals surface area (Å²) in [4.78, 5) is 0. The number of anilines is 1. The van der Waals surface area contributed by atoms with E-state index in [2.05, 4.69) is 6.07 Å². The van der Waals surface area contributed by atoms with Gasteiger partial charge in [-0.3, -0.25) is 0 Å². The smallest absolute Gasteiger partial charge is 0.0101 e. The second-order valence-corrected chi connectivity index (χ2v) is 1.50. The Labute approximate surface area is 66.4 Å². The van der Waals surface area contributed by atoms with E-state index in [-0.39, 0.29) is 25.2 Å². The largest absolute Gasteiger partial charge is 0.533 e. The van der Waals surface area contributed by atoms with Crippen LogP contribution in [0.5, 0.6) is 5.75 Å². The number of benzene rings is 1. The van der Waals surface area contributed by atoms with E-state index >= 15 is 0 Å². The third kappa shape index (κ3) is 2.47. The number of phenolic OH excluding ortho intramolecular Hbond substituents is 1. The van der Waals surface area contributed by atoms with E-state index in [0.29, 0.717) is 5.69 Å². The fourth-order valence-electron chi connectivity index (χ4n) is 0.472. The molecule has 44 valence electrons.